The summed E-state index contributed by atoms with van der Waals surface area (Å²) in [6.07, 6.45) is 10.1. The number of H-pyrrole nitrogens is 1. The number of para-hydroxylation sites is 1. The van der Waals surface area contributed by atoms with Gasteiger partial charge >= 0.3 is 0 Å². The van der Waals surface area contributed by atoms with Gasteiger partial charge < -0.3 is 15.2 Å². The number of anilines is 1. The van der Waals surface area contributed by atoms with E-state index in [1.54, 1.807) is 0 Å². The van der Waals surface area contributed by atoms with Crippen LogP contribution in [0.3, 0.4) is 0 Å². The minimum Gasteiger partial charge on any atom is -0.378 e. The Kier molecular flexibility index (Phi) is 3.80. The number of carbonyl (C=O) groups is 1. The molecule has 2 aromatic carbocycles. The third-order valence-corrected chi connectivity index (χ3v) is 6.96. The van der Waals surface area contributed by atoms with Crippen LogP contribution in [0.4, 0.5) is 5.69 Å². The summed E-state index contributed by atoms with van der Waals surface area (Å²) in [5.74, 6) is 1.01. The van der Waals surface area contributed by atoms with Crippen LogP contribution in [0.1, 0.15) is 52.7 Å². The molecule has 3 unspecified atom stereocenters. The molecule has 3 heterocycles. The van der Waals surface area contributed by atoms with Crippen molar-refractivity contribution in [3.05, 3.63) is 77.5 Å². The lowest BCUT2D eigenvalue weighted by molar-refractivity contribution is 0.0792. The van der Waals surface area contributed by atoms with Crippen LogP contribution in [0.25, 0.3) is 10.9 Å². The molecule has 0 bridgehead atoms. The van der Waals surface area contributed by atoms with E-state index in [1.165, 1.54) is 22.0 Å². The summed E-state index contributed by atoms with van der Waals surface area (Å²) < 4.78 is 0. The van der Waals surface area contributed by atoms with Crippen LogP contribution >= 0.6 is 0 Å². The predicted molar refractivity (Wildman–Crippen MR) is 116 cm³/mol. The number of carbonyl (C=O) groups excluding carboxylic acids is 1. The molecule has 1 fully saturated rings. The van der Waals surface area contributed by atoms with Crippen LogP contribution in [0.5, 0.6) is 0 Å². The molecule has 0 saturated carbocycles. The molecule has 0 radical (unpaired) electrons. The van der Waals surface area contributed by atoms with Crippen molar-refractivity contribution in [3.8, 4) is 0 Å². The van der Waals surface area contributed by atoms with Gasteiger partial charge in [0.15, 0.2) is 0 Å². The van der Waals surface area contributed by atoms with Gasteiger partial charge in [0.05, 0.1) is 6.04 Å². The number of hydrogen-bond donors (Lipinski definition) is 2. The van der Waals surface area contributed by atoms with E-state index in [9.17, 15) is 4.79 Å². The van der Waals surface area contributed by atoms with Crippen molar-refractivity contribution < 1.29 is 4.79 Å². The van der Waals surface area contributed by atoms with Crippen molar-refractivity contribution in [1.82, 2.24) is 9.88 Å². The molecule has 1 aliphatic carbocycles. The van der Waals surface area contributed by atoms with E-state index in [-0.39, 0.29) is 11.9 Å². The molecule has 6 rings (SSSR count). The fourth-order valence-electron chi connectivity index (χ4n) is 5.49. The van der Waals surface area contributed by atoms with Crippen molar-refractivity contribution >= 4 is 22.5 Å². The number of hydrogen-bond acceptors (Lipinski definition) is 2. The van der Waals surface area contributed by atoms with E-state index in [4.69, 9.17) is 0 Å². The van der Waals surface area contributed by atoms with Crippen molar-refractivity contribution in [1.29, 1.82) is 0 Å². The third-order valence-electron chi connectivity index (χ3n) is 6.96. The second-order valence-corrected chi connectivity index (χ2v) is 8.57. The van der Waals surface area contributed by atoms with Crippen molar-refractivity contribution in [2.75, 3.05) is 18.4 Å². The molecule has 4 heteroatoms. The first-order chi connectivity index (χ1) is 14.3. The highest BCUT2D eigenvalue weighted by Gasteiger charge is 2.39. The molecule has 0 spiro atoms. The molecule has 3 aliphatic rings. The van der Waals surface area contributed by atoms with Gasteiger partial charge in [-0.2, -0.15) is 0 Å². The lowest BCUT2D eigenvalue weighted by atomic mass is 9.76. The van der Waals surface area contributed by atoms with Crippen LogP contribution in [-0.4, -0.2) is 28.9 Å². The Morgan fingerprint density at radius 2 is 1.90 bits per heavy atom. The zero-order valence-corrected chi connectivity index (χ0v) is 16.4. The number of benzene rings is 2. The molecular formula is C25H25N3O. The number of allylic oxidation sites excluding steroid dienone is 2. The summed E-state index contributed by atoms with van der Waals surface area (Å²) in [7, 11) is 0. The molecule has 1 aromatic heterocycles. The van der Waals surface area contributed by atoms with Gasteiger partial charge in [-0.3, -0.25) is 4.79 Å². The van der Waals surface area contributed by atoms with Crippen LogP contribution in [0.2, 0.25) is 0 Å². The zero-order valence-electron chi connectivity index (χ0n) is 16.4. The Morgan fingerprint density at radius 3 is 2.79 bits per heavy atom. The lowest BCUT2D eigenvalue weighted by Gasteiger charge is -2.37. The first-order valence-corrected chi connectivity index (χ1v) is 10.7. The highest BCUT2D eigenvalue weighted by molar-refractivity contribution is 5.95. The normalized spacial score (nSPS) is 25.1. The Morgan fingerprint density at radius 1 is 1.03 bits per heavy atom. The smallest absolute Gasteiger partial charge is 0.253 e. The molecule has 2 aliphatic heterocycles. The topological polar surface area (TPSA) is 48.1 Å². The van der Waals surface area contributed by atoms with Gasteiger partial charge in [-0.05, 0) is 60.6 Å². The van der Waals surface area contributed by atoms with Gasteiger partial charge in [-0.1, -0.05) is 30.4 Å². The standard InChI is InChI=1S/C25H25N3O/c29-25(28-12-3-4-13-28)16-10-11-23-20(14-16)17-7-5-8-19(17)24(27-23)21-15-26-22-9-2-1-6-18(21)22/h1-2,5-7,9-11,14-15,17,19,24,26-27H,3-4,8,12-13H2. The van der Waals surface area contributed by atoms with E-state index in [0.717, 1.165) is 43.6 Å². The maximum Gasteiger partial charge on any atom is 0.253 e. The van der Waals surface area contributed by atoms with E-state index < -0.39 is 0 Å². The van der Waals surface area contributed by atoms with E-state index >= 15 is 0 Å². The number of nitrogens with zero attached hydrogens (tertiary/aromatic N) is 1. The molecule has 4 nitrogen and oxygen atoms in total. The molecule has 2 N–H and O–H groups in total. The molecule has 3 atom stereocenters. The minimum atomic E-state index is 0.183. The second kappa shape index (κ2) is 6.51. The summed E-state index contributed by atoms with van der Waals surface area (Å²) in [5.41, 5.74) is 5.78. The van der Waals surface area contributed by atoms with E-state index in [2.05, 4.69) is 65.0 Å². The Balaban J connectivity index is 1.39. The maximum absolute atomic E-state index is 12.9. The van der Waals surface area contributed by atoms with Crippen LogP contribution in [-0.2, 0) is 0 Å². The van der Waals surface area contributed by atoms with Gasteiger partial charge in [-0.15, -0.1) is 0 Å². The van der Waals surface area contributed by atoms with Gasteiger partial charge in [0, 0.05) is 47.4 Å². The van der Waals surface area contributed by atoms with E-state index in [1.807, 2.05) is 11.0 Å². The van der Waals surface area contributed by atoms with Crippen molar-refractivity contribution in [2.24, 2.45) is 5.92 Å². The number of aromatic nitrogens is 1. The number of amides is 1. The van der Waals surface area contributed by atoms with Crippen molar-refractivity contribution in [2.45, 2.75) is 31.2 Å². The first kappa shape index (κ1) is 16.9. The predicted octanol–water partition coefficient (Wildman–Crippen LogP) is 5.23. The summed E-state index contributed by atoms with van der Waals surface area (Å²) in [6.45, 7) is 1.78. The average Bonchev–Trinajstić information content (AvgIpc) is 3.53. The SMILES string of the molecule is O=C(c1ccc2c(c1)C1C=CCC1C(c1c[nH]c3ccccc13)N2)N1CCCC1. The average molecular weight is 383 g/mol. The van der Waals surface area contributed by atoms with Gasteiger partial charge in [-0.25, -0.2) is 0 Å². The van der Waals surface area contributed by atoms with Crippen LogP contribution in [0.15, 0.2) is 60.8 Å². The summed E-state index contributed by atoms with van der Waals surface area (Å²) in [5, 5.41) is 5.11. The van der Waals surface area contributed by atoms with Crippen LogP contribution in [0, 0.1) is 5.92 Å². The summed E-state index contributed by atoms with van der Waals surface area (Å²) >= 11 is 0. The largest absolute Gasteiger partial charge is 0.378 e. The zero-order chi connectivity index (χ0) is 19.4. The molecule has 29 heavy (non-hydrogen) atoms. The monoisotopic (exact) mass is 383 g/mol. The van der Waals surface area contributed by atoms with Gasteiger partial charge in [0.1, 0.15) is 0 Å². The number of fused-ring (bicyclic) bond motifs is 4. The number of aromatic amines is 1. The van der Waals surface area contributed by atoms with Gasteiger partial charge in [0.25, 0.3) is 5.91 Å². The van der Waals surface area contributed by atoms with Crippen molar-refractivity contribution in [3.63, 3.8) is 0 Å². The Hall–Kier alpha value is -3.01. The fourth-order valence-corrected chi connectivity index (χ4v) is 5.49. The summed E-state index contributed by atoms with van der Waals surface area (Å²) in [4.78, 5) is 18.3. The highest BCUT2D eigenvalue weighted by Crippen LogP contribution is 2.50. The maximum atomic E-state index is 12.9. The molecule has 3 aromatic rings. The summed E-state index contributed by atoms with van der Waals surface area (Å²) in [6, 6.07) is 15.0. The Labute approximate surface area is 170 Å². The highest BCUT2D eigenvalue weighted by atomic mass is 16.2. The number of rotatable bonds is 2. The Bertz CT molecular complexity index is 1120. The number of nitrogens with one attached hydrogen (secondary N) is 2. The molecular weight excluding hydrogens is 358 g/mol. The fraction of sp³-hybridized carbons (Fsp3) is 0.320. The molecule has 1 saturated heterocycles. The molecule has 1 amide bonds. The molecule has 146 valence electrons. The number of likely N-dealkylation sites (tertiary alicyclic amines) is 1. The lowest BCUT2D eigenvalue weighted by Crippen LogP contribution is -2.30. The van der Waals surface area contributed by atoms with E-state index in [0.29, 0.717) is 11.8 Å². The third kappa shape index (κ3) is 2.62. The quantitative estimate of drug-likeness (QED) is 0.595. The first-order valence-electron chi connectivity index (χ1n) is 10.7. The van der Waals surface area contributed by atoms with Gasteiger partial charge in [0.2, 0.25) is 0 Å². The van der Waals surface area contributed by atoms with Crippen LogP contribution < -0.4 is 5.32 Å². The minimum absolute atomic E-state index is 0.183. The second-order valence-electron chi connectivity index (χ2n) is 8.57.